The number of carbonyl (C=O) groups is 3. The molecule has 0 spiro atoms. The Bertz CT molecular complexity index is 881. The van der Waals surface area contributed by atoms with E-state index in [1.54, 1.807) is 0 Å². The molecule has 1 aliphatic heterocycles. The number of nitrogens with one attached hydrogen (secondary N) is 1. The number of hydrogen-bond donors (Lipinski definition) is 2. The second kappa shape index (κ2) is 6.75. The molecule has 1 aliphatic carbocycles. The summed E-state index contributed by atoms with van der Waals surface area (Å²) in [6.07, 6.45) is -0.792. The van der Waals surface area contributed by atoms with Crippen molar-refractivity contribution in [2.45, 2.75) is 12.0 Å². The molecule has 7 nitrogen and oxygen atoms in total. The largest absolute Gasteiger partial charge is 0.480 e. The molecule has 2 aromatic rings. The van der Waals surface area contributed by atoms with E-state index in [1.165, 1.54) is 0 Å². The topological polar surface area (TPSA) is 95.9 Å². The van der Waals surface area contributed by atoms with Crippen molar-refractivity contribution in [1.82, 2.24) is 10.2 Å². The molecule has 4 rings (SSSR count). The van der Waals surface area contributed by atoms with Crippen LogP contribution >= 0.6 is 0 Å². The van der Waals surface area contributed by atoms with Crippen molar-refractivity contribution >= 4 is 18.0 Å². The molecule has 2 amide bonds. The van der Waals surface area contributed by atoms with E-state index in [0.717, 1.165) is 27.2 Å². The molecular formula is C20H18N2O5. The summed E-state index contributed by atoms with van der Waals surface area (Å²) in [4.78, 5) is 36.4. The number of carboxylic acids is 1. The fourth-order valence-corrected chi connectivity index (χ4v) is 3.73. The molecule has 1 atom stereocenters. The van der Waals surface area contributed by atoms with Crippen LogP contribution in [-0.2, 0) is 14.3 Å². The van der Waals surface area contributed by atoms with Crippen LogP contribution in [0.3, 0.4) is 0 Å². The number of hydrogen-bond acceptors (Lipinski definition) is 4. The lowest BCUT2D eigenvalue weighted by molar-refractivity contribution is -0.145. The Kier molecular flexibility index (Phi) is 4.27. The van der Waals surface area contributed by atoms with E-state index < -0.39 is 24.0 Å². The van der Waals surface area contributed by atoms with Gasteiger partial charge in [-0.25, -0.2) is 9.59 Å². The van der Waals surface area contributed by atoms with Gasteiger partial charge >= 0.3 is 12.1 Å². The van der Waals surface area contributed by atoms with Gasteiger partial charge in [-0.15, -0.1) is 0 Å². The van der Waals surface area contributed by atoms with Gasteiger partial charge in [-0.2, -0.15) is 0 Å². The summed E-state index contributed by atoms with van der Waals surface area (Å²) in [5, 5.41) is 11.7. The molecule has 1 fully saturated rings. The van der Waals surface area contributed by atoms with Crippen LogP contribution in [-0.4, -0.2) is 53.7 Å². The molecule has 2 aromatic carbocycles. The molecule has 2 aliphatic rings. The Morgan fingerprint density at radius 3 is 2.26 bits per heavy atom. The van der Waals surface area contributed by atoms with Gasteiger partial charge in [0.15, 0.2) is 6.04 Å². The zero-order valence-corrected chi connectivity index (χ0v) is 14.4. The number of rotatable bonds is 3. The first-order chi connectivity index (χ1) is 13.1. The summed E-state index contributed by atoms with van der Waals surface area (Å²) >= 11 is 0. The van der Waals surface area contributed by atoms with Crippen molar-refractivity contribution in [3.63, 3.8) is 0 Å². The predicted molar refractivity (Wildman–Crippen MR) is 96.2 cm³/mol. The van der Waals surface area contributed by atoms with Crippen molar-refractivity contribution in [3.8, 4) is 11.1 Å². The fraction of sp³-hybridized carbons (Fsp3) is 0.250. The number of ether oxygens (including phenoxy) is 1. The first-order valence-corrected chi connectivity index (χ1v) is 8.67. The monoisotopic (exact) mass is 366 g/mol. The minimum Gasteiger partial charge on any atom is -0.480 e. The second-order valence-corrected chi connectivity index (χ2v) is 6.59. The zero-order valence-electron chi connectivity index (χ0n) is 14.4. The highest BCUT2D eigenvalue weighted by Crippen LogP contribution is 2.44. The molecule has 27 heavy (non-hydrogen) atoms. The van der Waals surface area contributed by atoms with Crippen molar-refractivity contribution in [2.75, 3.05) is 19.7 Å². The molecule has 1 unspecified atom stereocenters. The Morgan fingerprint density at radius 2 is 1.67 bits per heavy atom. The van der Waals surface area contributed by atoms with Gasteiger partial charge in [0, 0.05) is 12.5 Å². The van der Waals surface area contributed by atoms with Crippen LogP contribution in [0, 0.1) is 0 Å². The lowest BCUT2D eigenvalue weighted by Gasteiger charge is -2.32. The van der Waals surface area contributed by atoms with Gasteiger partial charge in [0.1, 0.15) is 13.2 Å². The SMILES string of the molecule is O=C1CN(C(=O)OCC2c3ccccc3-c3ccccc32)C(C(=O)O)CN1. The summed E-state index contributed by atoms with van der Waals surface area (Å²) in [6, 6.07) is 14.8. The number of amides is 2. The number of carbonyl (C=O) groups excluding carboxylic acids is 2. The average Bonchev–Trinajstić information content (AvgIpc) is 3.00. The molecule has 0 radical (unpaired) electrons. The average molecular weight is 366 g/mol. The fourth-order valence-electron chi connectivity index (χ4n) is 3.73. The van der Waals surface area contributed by atoms with E-state index in [0.29, 0.717) is 0 Å². The lowest BCUT2D eigenvalue weighted by Crippen LogP contribution is -2.59. The summed E-state index contributed by atoms with van der Waals surface area (Å²) < 4.78 is 5.45. The molecule has 1 heterocycles. The highest BCUT2D eigenvalue weighted by atomic mass is 16.6. The van der Waals surface area contributed by atoms with Crippen molar-refractivity contribution < 1.29 is 24.2 Å². The maximum Gasteiger partial charge on any atom is 0.411 e. The molecule has 0 aromatic heterocycles. The lowest BCUT2D eigenvalue weighted by atomic mass is 9.98. The maximum atomic E-state index is 12.5. The Labute approximate surface area is 155 Å². The quantitative estimate of drug-likeness (QED) is 0.864. The van der Waals surface area contributed by atoms with E-state index >= 15 is 0 Å². The number of benzene rings is 2. The molecule has 0 saturated carbocycles. The van der Waals surface area contributed by atoms with E-state index in [1.807, 2.05) is 48.5 Å². The van der Waals surface area contributed by atoms with Gasteiger partial charge in [-0.05, 0) is 22.3 Å². The third-order valence-electron chi connectivity index (χ3n) is 5.04. The molecule has 138 valence electrons. The van der Waals surface area contributed by atoms with Gasteiger partial charge in [-0.3, -0.25) is 9.69 Å². The highest BCUT2D eigenvalue weighted by molar-refractivity contribution is 5.89. The molecular weight excluding hydrogens is 348 g/mol. The van der Waals surface area contributed by atoms with Crippen LogP contribution in [0.4, 0.5) is 4.79 Å². The number of piperazine rings is 1. The minimum atomic E-state index is -1.18. The minimum absolute atomic E-state index is 0.0807. The van der Waals surface area contributed by atoms with E-state index in [4.69, 9.17) is 4.74 Å². The van der Waals surface area contributed by atoms with E-state index in [2.05, 4.69) is 5.32 Å². The number of carboxylic acid groups (broad SMARTS) is 1. The summed E-state index contributed by atoms with van der Waals surface area (Å²) in [7, 11) is 0. The molecule has 2 N–H and O–H groups in total. The van der Waals surface area contributed by atoms with Crippen LogP contribution < -0.4 is 5.32 Å². The van der Waals surface area contributed by atoms with Gasteiger partial charge < -0.3 is 15.2 Å². The number of fused-ring (bicyclic) bond motifs is 3. The van der Waals surface area contributed by atoms with Crippen LogP contribution in [0.15, 0.2) is 48.5 Å². The van der Waals surface area contributed by atoms with Crippen LogP contribution in [0.5, 0.6) is 0 Å². The van der Waals surface area contributed by atoms with Crippen molar-refractivity contribution in [1.29, 1.82) is 0 Å². The normalized spacial score (nSPS) is 18.4. The van der Waals surface area contributed by atoms with Gasteiger partial charge in [0.25, 0.3) is 0 Å². The van der Waals surface area contributed by atoms with E-state index in [-0.39, 0.29) is 25.6 Å². The molecule has 0 bridgehead atoms. The summed E-state index contributed by atoms with van der Waals surface area (Å²) in [6.45, 7) is -0.372. The van der Waals surface area contributed by atoms with Crippen LogP contribution in [0.2, 0.25) is 0 Å². The Balaban J connectivity index is 1.54. The smallest absolute Gasteiger partial charge is 0.411 e. The summed E-state index contributed by atoms with van der Waals surface area (Å²) in [5.41, 5.74) is 4.35. The standard InChI is InChI=1S/C20H18N2O5/c23-18-10-22(17(9-21-18)19(24)25)20(26)27-11-16-14-7-3-1-5-12(14)13-6-2-4-8-15(13)16/h1-8,16-17H,9-11H2,(H,21,23)(H,24,25). The number of aliphatic carboxylic acids is 1. The number of nitrogens with zero attached hydrogens (tertiary/aromatic N) is 1. The molecule has 1 saturated heterocycles. The second-order valence-electron chi connectivity index (χ2n) is 6.59. The predicted octanol–water partition coefficient (Wildman–Crippen LogP) is 1.82. The van der Waals surface area contributed by atoms with Gasteiger partial charge in [0.2, 0.25) is 5.91 Å². The van der Waals surface area contributed by atoms with E-state index in [9.17, 15) is 19.5 Å². The summed E-state index contributed by atoms with van der Waals surface area (Å²) in [5.74, 6) is -1.70. The Morgan fingerprint density at radius 1 is 1.07 bits per heavy atom. The van der Waals surface area contributed by atoms with Gasteiger partial charge in [0.05, 0.1) is 0 Å². The Hall–Kier alpha value is -3.35. The first kappa shape index (κ1) is 17.1. The van der Waals surface area contributed by atoms with Crippen LogP contribution in [0.25, 0.3) is 11.1 Å². The third-order valence-corrected chi connectivity index (χ3v) is 5.04. The highest BCUT2D eigenvalue weighted by Gasteiger charge is 2.37. The van der Waals surface area contributed by atoms with Crippen molar-refractivity contribution in [2.24, 2.45) is 0 Å². The van der Waals surface area contributed by atoms with Crippen molar-refractivity contribution in [3.05, 3.63) is 59.7 Å². The van der Waals surface area contributed by atoms with Gasteiger partial charge in [-0.1, -0.05) is 48.5 Å². The first-order valence-electron chi connectivity index (χ1n) is 8.67. The maximum absolute atomic E-state index is 12.5. The van der Waals surface area contributed by atoms with Crippen LogP contribution in [0.1, 0.15) is 17.0 Å². The molecule has 7 heteroatoms. The zero-order chi connectivity index (χ0) is 19.0. The third kappa shape index (κ3) is 3.01.